The van der Waals surface area contributed by atoms with E-state index < -0.39 is 15.5 Å². The van der Waals surface area contributed by atoms with Crippen LogP contribution in [0.25, 0.3) is 0 Å². The van der Waals surface area contributed by atoms with Gasteiger partial charge >= 0.3 is 5.69 Å². The van der Waals surface area contributed by atoms with Crippen LogP contribution in [-0.4, -0.2) is 9.85 Å². The lowest BCUT2D eigenvalue weighted by molar-refractivity contribution is -0.394. The zero-order chi connectivity index (χ0) is 16.3. The normalized spacial score (nSPS) is 10.5. The van der Waals surface area contributed by atoms with Crippen molar-refractivity contribution in [2.75, 3.05) is 0 Å². The highest BCUT2D eigenvalue weighted by Gasteiger charge is 2.21. The second-order valence-electron chi connectivity index (χ2n) is 4.99. The summed E-state index contributed by atoms with van der Waals surface area (Å²) in [6.07, 6.45) is 0. The number of hydrogen-bond donors (Lipinski definition) is 0. The molecule has 2 rings (SSSR count). The molecule has 0 amide bonds. The van der Waals surface area contributed by atoms with Crippen molar-refractivity contribution in [2.45, 2.75) is 19.8 Å². The van der Waals surface area contributed by atoms with Gasteiger partial charge in [0.25, 0.3) is 5.69 Å². The summed E-state index contributed by atoms with van der Waals surface area (Å²) in [7, 11) is 0. The topological polar surface area (TPSA) is 95.5 Å². The summed E-state index contributed by atoms with van der Waals surface area (Å²) in [6.45, 7) is 4.11. The maximum Gasteiger partial charge on any atom is 0.318 e. The van der Waals surface area contributed by atoms with Crippen molar-refractivity contribution in [3.05, 3.63) is 68.3 Å². The van der Waals surface area contributed by atoms with E-state index in [1.54, 1.807) is 12.1 Å². The maximum atomic E-state index is 11.0. The molecule has 0 bridgehead atoms. The molecule has 7 heteroatoms. The summed E-state index contributed by atoms with van der Waals surface area (Å²) in [6, 6.07) is 10.4. The molecule has 2 aromatic carbocycles. The largest absolute Gasteiger partial charge is 0.450 e. The first kappa shape index (κ1) is 15.4. The van der Waals surface area contributed by atoms with Crippen LogP contribution in [0.4, 0.5) is 11.4 Å². The summed E-state index contributed by atoms with van der Waals surface area (Å²) in [5.41, 5.74) is 0.321. The highest BCUT2D eigenvalue weighted by molar-refractivity contribution is 5.54. The molecule has 0 saturated heterocycles. The molecule has 0 fully saturated rings. The van der Waals surface area contributed by atoms with E-state index in [4.69, 9.17) is 4.74 Å². The molecule has 0 atom stereocenters. The zero-order valence-corrected chi connectivity index (χ0v) is 12.1. The highest BCUT2D eigenvalue weighted by Crippen LogP contribution is 2.34. The van der Waals surface area contributed by atoms with Gasteiger partial charge in [-0.2, -0.15) is 0 Å². The molecule has 7 nitrogen and oxygen atoms in total. The highest BCUT2D eigenvalue weighted by atomic mass is 16.6. The molecule has 0 spiro atoms. The first-order chi connectivity index (χ1) is 10.4. The van der Waals surface area contributed by atoms with Crippen molar-refractivity contribution in [1.82, 2.24) is 0 Å². The van der Waals surface area contributed by atoms with Gasteiger partial charge in [0.15, 0.2) is 0 Å². The molecule has 0 unspecified atom stereocenters. The van der Waals surface area contributed by atoms with Crippen molar-refractivity contribution in [3.8, 4) is 11.5 Å². The predicted octanol–water partition coefficient (Wildman–Crippen LogP) is 4.42. The van der Waals surface area contributed by atoms with E-state index >= 15 is 0 Å². The van der Waals surface area contributed by atoms with Crippen LogP contribution < -0.4 is 4.74 Å². The van der Waals surface area contributed by atoms with E-state index in [1.165, 1.54) is 12.1 Å². The van der Waals surface area contributed by atoms with E-state index in [9.17, 15) is 20.2 Å². The third-order valence-electron chi connectivity index (χ3n) is 3.12. The van der Waals surface area contributed by atoms with E-state index in [0.29, 0.717) is 11.7 Å². The Labute approximate surface area is 126 Å². The number of nitrogens with zero attached hydrogens (tertiary/aromatic N) is 2. The fourth-order valence-electron chi connectivity index (χ4n) is 1.90. The van der Waals surface area contributed by atoms with Crippen LogP contribution in [0, 0.1) is 20.2 Å². The Morgan fingerprint density at radius 1 is 0.955 bits per heavy atom. The van der Waals surface area contributed by atoms with E-state index in [-0.39, 0.29) is 11.4 Å². The summed E-state index contributed by atoms with van der Waals surface area (Å²) in [4.78, 5) is 20.3. The van der Waals surface area contributed by atoms with Gasteiger partial charge in [0.05, 0.1) is 15.9 Å². The van der Waals surface area contributed by atoms with Crippen molar-refractivity contribution in [3.63, 3.8) is 0 Å². The third kappa shape index (κ3) is 3.38. The molecular weight excluding hydrogens is 288 g/mol. The Morgan fingerprint density at radius 2 is 1.59 bits per heavy atom. The molecule has 0 N–H and O–H groups in total. The lowest BCUT2D eigenvalue weighted by Gasteiger charge is -2.08. The lowest BCUT2D eigenvalue weighted by Crippen LogP contribution is -1.96. The van der Waals surface area contributed by atoms with Crippen molar-refractivity contribution in [1.29, 1.82) is 0 Å². The average molecular weight is 302 g/mol. The van der Waals surface area contributed by atoms with Crippen LogP contribution in [0.15, 0.2) is 42.5 Å². The van der Waals surface area contributed by atoms with Crippen molar-refractivity contribution < 1.29 is 14.6 Å². The van der Waals surface area contributed by atoms with Crippen molar-refractivity contribution >= 4 is 11.4 Å². The van der Waals surface area contributed by atoms with Gasteiger partial charge in [-0.05, 0) is 29.7 Å². The third-order valence-corrected chi connectivity index (χ3v) is 3.12. The average Bonchev–Trinajstić information content (AvgIpc) is 2.47. The minimum atomic E-state index is -0.704. The fourth-order valence-corrected chi connectivity index (χ4v) is 1.90. The molecule has 0 aliphatic rings. The molecule has 0 radical (unpaired) electrons. The number of hydrogen-bond acceptors (Lipinski definition) is 5. The Morgan fingerprint density at radius 3 is 2.09 bits per heavy atom. The van der Waals surface area contributed by atoms with E-state index in [1.807, 2.05) is 12.1 Å². The molecule has 0 saturated carbocycles. The number of ether oxygens (including phenoxy) is 1. The summed E-state index contributed by atoms with van der Waals surface area (Å²) in [5, 5.41) is 21.7. The number of benzene rings is 2. The van der Waals surface area contributed by atoms with E-state index in [2.05, 4.69) is 13.8 Å². The SMILES string of the molecule is CC(C)c1ccc(Oc2ccc([N+](=O)[O-])cc2[N+](=O)[O-])cc1. The molecule has 22 heavy (non-hydrogen) atoms. The monoisotopic (exact) mass is 302 g/mol. The summed E-state index contributed by atoms with van der Waals surface area (Å²) >= 11 is 0. The minimum absolute atomic E-state index is 0.0344. The first-order valence-electron chi connectivity index (χ1n) is 6.59. The maximum absolute atomic E-state index is 11.0. The van der Waals surface area contributed by atoms with Gasteiger partial charge in [-0.15, -0.1) is 0 Å². The number of nitro benzene ring substituents is 2. The van der Waals surface area contributed by atoms with E-state index in [0.717, 1.165) is 11.6 Å². The number of non-ortho nitro benzene ring substituents is 1. The first-order valence-corrected chi connectivity index (χ1v) is 6.59. The molecule has 0 heterocycles. The molecule has 0 aromatic heterocycles. The Balaban J connectivity index is 2.32. The van der Waals surface area contributed by atoms with Gasteiger partial charge in [0, 0.05) is 6.07 Å². The Hall–Kier alpha value is -2.96. The van der Waals surface area contributed by atoms with Crippen molar-refractivity contribution in [2.24, 2.45) is 0 Å². The summed E-state index contributed by atoms with van der Waals surface area (Å²) < 4.78 is 5.48. The second kappa shape index (κ2) is 6.21. The van der Waals surface area contributed by atoms with Gasteiger partial charge in [-0.3, -0.25) is 20.2 Å². The quantitative estimate of drug-likeness (QED) is 0.601. The summed E-state index contributed by atoms with van der Waals surface area (Å²) in [5.74, 6) is 0.761. The van der Waals surface area contributed by atoms with Gasteiger partial charge in [-0.25, -0.2) is 0 Å². The molecule has 114 valence electrons. The minimum Gasteiger partial charge on any atom is -0.450 e. The van der Waals surface area contributed by atoms with Crippen LogP contribution in [-0.2, 0) is 0 Å². The zero-order valence-electron chi connectivity index (χ0n) is 12.1. The smallest absolute Gasteiger partial charge is 0.318 e. The van der Waals surface area contributed by atoms with Crippen LogP contribution in [0.2, 0.25) is 0 Å². The molecular formula is C15H14N2O5. The Kier molecular flexibility index (Phi) is 4.36. The van der Waals surface area contributed by atoms with Gasteiger partial charge in [-0.1, -0.05) is 26.0 Å². The molecule has 2 aromatic rings. The lowest BCUT2D eigenvalue weighted by atomic mass is 10.0. The van der Waals surface area contributed by atoms with Crippen LogP contribution in [0.5, 0.6) is 11.5 Å². The van der Waals surface area contributed by atoms with Gasteiger partial charge in [0.1, 0.15) is 5.75 Å². The fraction of sp³-hybridized carbons (Fsp3) is 0.200. The molecule has 0 aliphatic heterocycles. The van der Waals surface area contributed by atoms with Crippen LogP contribution in [0.1, 0.15) is 25.3 Å². The second-order valence-corrected chi connectivity index (χ2v) is 4.99. The standard InChI is InChI=1S/C15H14N2O5/c1-10(2)11-3-6-13(7-4-11)22-15-8-5-12(16(18)19)9-14(15)17(20)21/h3-10H,1-2H3. The Bertz CT molecular complexity index is 710. The number of nitro groups is 2. The van der Waals surface area contributed by atoms with Gasteiger partial charge < -0.3 is 4.74 Å². The molecule has 0 aliphatic carbocycles. The van der Waals surface area contributed by atoms with Gasteiger partial charge in [0.2, 0.25) is 5.75 Å². The predicted molar refractivity (Wildman–Crippen MR) is 80.4 cm³/mol. The number of rotatable bonds is 5. The van der Waals surface area contributed by atoms with Crippen LogP contribution >= 0.6 is 0 Å². The van der Waals surface area contributed by atoms with Crippen LogP contribution in [0.3, 0.4) is 0 Å².